The van der Waals surface area contributed by atoms with E-state index in [1.54, 1.807) is 41.5 Å². The van der Waals surface area contributed by atoms with Crippen molar-refractivity contribution >= 4 is 17.8 Å². The van der Waals surface area contributed by atoms with Crippen LogP contribution in [0.4, 0.5) is 0 Å². The first-order valence-corrected chi connectivity index (χ1v) is 8.70. The zero-order chi connectivity index (χ0) is 20.1. The predicted octanol–water partition coefficient (Wildman–Crippen LogP) is 2.38. The van der Waals surface area contributed by atoms with Gasteiger partial charge in [0.25, 0.3) is 0 Å². The first-order chi connectivity index (χ1) is 11.8. The highest BCUT2D eigenvalue weighted by atomic mass is 16.4. The largest absolute Gasteiger partial charge is 0.480 e. The van der Waals surface area contributed by atoms with Crippen molar-refractivity contribution in [1.82, 2.24) is 10.6 Å². The van der Waals surface area contributed by atoms with Gasteiger partial charge in [-0.1, -0.05) is 71.9 Å². The van der Waals surface area contributed by atoms with E-state index in [0.29, 0.717) is 0 Å². The zero-order valence-corrected chi connectivity index (χ0v) is 16.4. The van der Waals surface area contributed by atoms with Gasteiger partial charge in [0.05, 0.1) is 0 Å². The minimum Gasteiger partial charge on any atom is -0.480 e. The Morgan fingerprint density at radius 2 is 1.50 bits per heavy atom. The van der Waals surface area contributed by atoms with Gasteiger partial charge in [0.15, 0.2) is 0 Å². The number of aliphatic carboxylic acids is 1. The molecular weight excluding hydrogens is 332 g/mol. The molecule has 0 aliphatic heterocycles. The minimum atomic E-state index is -1.11. The Bertz CT molecular complexity index is 642. The van der Waals surface area contributed by atoms with E-state index < -0.39 is 34.8 Å². The molecule has 0 fully saturated rings. The second-order valence-corrected chi connectivity index (χ2v) is 8.61. The molecule has 0 aromatic heterocycles. The van der Waals surface area contributed by atoms with E-state index in [9.17, 15) is 19.5 Å². The van der Waals surface area contributed by atoms with Gasteiger partial charge in [0, 0.05) is 11.8 Å². The van der Waals surface area contributed by atoms with Crippen LogP contribution in [-0.2, 0) is 20.8 Å². The summed E-state index contributed by atoms with van der Waals surface area (Å²) in [6.45, 7) is 10.5. The lowest BCUT2D eigenvalue weighted by molar-refractivity contribution is -0.145. The number of amides is 2. The van der Waals surface area contributed by atoms with Gasteiger partial charge in [-0.3, -0.25) is 9.59 Å². The van der Waals surface area contributed by atoms with Gasteiger partial charge in [0.1, 0.15) is 12.1 Å². The maximum absolute atomic E-state index is 12.8. The van der Waals surface area contributed by atoms with Crippen LogP contribution in [0.15, 0.2) is 30.3 Å². The number of hydrogen-bond acceptors (Lipinski definition) is 3. The summed E-state index contributed by atoms with van der Waals surface area (Å²) < 4.78 is 0. The molecule has 2 amide bonds. The molecule has 0 heterocycles. The van der Waals surface area contributed by atoms with Crippen molar-refractivity contribution in [3.8, 4) is 0 Å². The molecule has 1 rings (SSSR count). The van der Waals surface area contributed by atoms with Gasteiger partial charge in [-0.25, -0.2) is 4.79 Å². The van der Waals surface area contributed by atoms with E-state index in [2.05, 4.69) is 10.6 Å². The van der Waals surface area contributed by atoms with E-state index in [1.807, 2.05) is 30.3 Å². The first kappa shape index (κ1) is 21.7. The van der Waals surface area contributed by atoms with Crippen molar-refractivity contribution in [2.24, 2.45) is 10.8 Å². The molecule has 0 spiro atoms. The summed E-state index contributed by atoms with van der Waals surface area (Å²) in [5.41, 5.74) is -0.442. The van der Waals surface area contributed by atoms with Crippen LogP contribution in [-0.4, -0.2) is 35.0 Å². The van der Waals surface area contributed by atoms with Crippen LogP contribution >= 0.6 is 0 Å². The van der Waals surface area contributed by atoms with Crippen LogP contribution in [0.25, 0.3) is 0 Å². The number of carboxylic acid groups (broad SMARTS) is 1. The molecule has 0 saturated carbocycles. The molecule has 0 radical (unpaired) electrons. The molecule has 0 aliphatic carbocycles. The lowest BCUT2D eigenvalue weighted by Gasteiger charge is -2.30. The van der Waals surface area contributed by atoms with Crippen molar-refractivity contribution in [2.75, 3.05) is 0 Å². The second kappa shape index (κ2) is 8.34. The van der Waals surface area contributed by atoms with Crippen molar-refractivity contribution in [3.63, 3.8) is 0 Å². The van der Waals surface area contributed by atoms with Crippen LogP contribution in [0, 0.1) is 10.8 Å². The molecule has 26 heavy (non-hydrogen) atoms. The van der Waals surface area contributed by atoms with E-state index in [4.69, 9.17) is 0 Å². The summed E-state index contributed by atoms with van der Waals surface area (Å²) in [7, 11) is 0. The molecule has 0 saturated heterocycles. The van der Waals surface area contributed by atoms with Crippen LogP contribution in [0.5, 0.6) is 0 Å². The fourth-order valence-electron chi connectivity index (χ4n) is 2.33. The summed E-state index contributed by atoms with van der Waals surface area (Å²) in [6, 6.07) is 7.39. The number of nitrogens with one attached hydrogen (secondary N) is 2. The Hall–Kier alpha value is -2.37. The molecule has 6 nitrogen and oxygen atoms in total. The highest BCUT2D eigenvalue weighted by Crippen LogP contribution is 2.20. The van der Waals surface area contributed by atoms with Gasteiger partial charge < -0.3 is 15.7 Å². The Labute approximate surface area is 155 Å². The number of carbonyl (C=O) groups excluding carboxylic acids is 2. The Kier molecular flexibility index (Phi) is 6.95. The average molecular weight is 362 g/mol. The second-order valence-electron chi connectivity index (χ2n) is 8.61. The van der Waals surface area contributed by atoms with Crippen LogP contribution in [0.1, 0.15) is 47.1 Å². The molecule has 0 aliphatic rings. The molecule has 0 bridgehead atoms. The van der Waals surface area contributed by atoms with Crippen molar-refractivity contribution in [2.45, 2.75) is 60.0 Å². The van der Waals surface area contributed by atoms with Crippen molar-refractivity contribution < 1.29 is 19.5 Å². The monoisotopic (exact) mass is 362 g/mol. The van der Waals surface area contributed by atoms with Crippen molar-refractivity contribution in [3.05, 3.63) is 35.9 Å². The Morgan fingerprint density at radius 1 is 0.962 bits per heavy atom. The first-order valence-electron chi connectivity index (χ1n) is 8.70. The van der Waals surface area contributed by atoms with Gasteiger partial charge in [-0.2, -0.15) is 0 Å². The smallest absolute Gasteiger partial charge is 0.326 e. The molecule has 1 aromatic rings. The third-order valence-electron chi connectivity index (χ3n) is 3.99. The van der Waals surface area contributed by atoms with Gasteiger partial charge >= 0.3 is 5.97 Å². The zero-order valence-electron chi connectivity index (χ0n) is 16.4. The van der Waals surface area contributed by atoms with E-state index >= 15 is 0 Å². The summed E-state index contributed by atoms with van der Waals surface area (Å²) in [4.78, 5) is 36.7. The maximum Gasteiger partial charge on any atom is 0.326 e. The van der Waals surface area contributed by atoms with E-state index in [1.165, 1.54) is 0 Å². The van der Waals surface area contributed by atoms with Crippen LogP contribution in [0.2, 0.25) is 0 Å². The quantitative estimate of drug-likeness (QED) is 0.724. The third-order valence-corrected chi connectivity index (χ3v) is 3.99. The van der Waals surface area contributed by atoms with Crippen LogP contribution in [0.3, 0.4) is 0 Å². The molecule has 1 aromatic carbocycles. The number of carbonyl (C=O) groups is 3. The third kappa shape index (κ3) is 6.50. The lowest BCUT2D eigenvalue weighted by atomic mass is 9.86. The molecular formula is C20H30N2O4. The number of rotatable bonds is 6. The molecule has 6 heteroatoms. The number of hydrogen-bond donors (Lipinski definition) is 3. The maximum atomic E-state index is 12.8. The fourth-order valence-corrected chi connectivity index (χ4v) is 2.33. The van der Waals surface area contributed by atoms with Gasteiger partial charge in [0.2, 0.25) is 11.8 Å². The Morgan fingerprint density at radius 3 is 1.92 bits per heavy atom. The van der Waals surface area contributed by atoms with Crippen molar-refractivity contribution in [1.29, 1.82) is 0 Å². The molecule has 2 unspecified atom stereocenters. The molecule has 3 N–H and O–H groups in total. The normalized spacial score (nSPS) is 14.2. The average Bonchev–Trinajstić information content (AvgIpc) is 2.50. The highest BCUT2D eigenvalue weighted by molar-refractivity contribution is 5.92. The summed E-state index contributed by atoms with van der Waals surface area (Å²) in [5.74, 6) is -1.88. The number of carboxylic acids is 1. The lowest BCUT2D eigenvalue weighted by Crippen LogP contribution is -2.57. The standard InChI is InChI=1S/C20H30N2O4/c1-19(2,3)15(17(24)25)22-16(23)14(21-18(26)20(4,5)6)12-13-10-8-7-9-11-13/h7-11,14-15H,12H2,1-6H3,(H,21,26)(H,22,23)(H,24,25). The van der Waals surface area contributed by atoms with Gasteiger partial charge in [-0.15, -0.1) is 0 Å². The fraction of sp³-hybridized carbons (Fsp3) is 0.550. The summed E-state index contributed by atoms with van der Waals surface area (Å²) >= 11 is 0. The van der Waals surface area contributed by atoms with E-state index in [-0.39, 0.29) is 12.3 Å². The Balaban J connectivity index is 3.04. The summed E-state index contributed by atoms with van der Waals surface area (Å²) in [6.07, 6.45) is 0.283. The minimum absolute atomic E-state index is 0.267. The molecule has 144 valence electrons. The van der Waals surface area contributed by atoms with Crippen LogP contribution < -0.4 is 10.6 Å². The summed E-state index contributed by atoms with van der Waals surface area (Å²) in [5, 5.41) is 14.8. The topological polar surface area (TPSA) is 95.5 Å². The number of benzene rings is 1. The highest BCUT2D eigenvalue weighted by Gasteiger charge is 2.35. The van der Waals surface area contributed by atoms with E-state index in [0.717, 1.165) is 5.56 Å². The SMILES string of the molecule is CC(C)(C)C(=O)NC(Cc1ccccc1)C(=O)NC(C(=O)O)C(C)(C)C. The van der Waals surface area contributed by atoms with Gasteiger partial charge in [-0.05, 0) is 11.0 Å². The molecule has 2 atom stereocenters. The predicted molar refractivity (Wildman–Crippen MR) is 101 cm³/mol.